The number of aliphatic hydroxyl groups excluding tert-OH is 1. The van der Waals surface area contributed by atoms with E-state index < -0.39 is 29.4 Å². The van der Waals surface area contributed by atoms with Crippen LogP contribution in [-0.2, 0) is 32.8 Å². The number of nitrogens with two attached hydrogens (primary N) is 1. The molecule has 13 nitrogen and oxygen atoms in total. The maximum Gasteiger partial charge on any atom is 0.328 e. The minimum absolute atomic E-state index is 0.000250. The zero-order valence-electron chi connectivity index (χ0n) is 25.4. The summed E-state index contributed by atoms with van der Waals surface area (Å²) in [5, 5.41) is 29.2. The number of anilines is 2. The molecule has 1 aliphatic rings. The molecule has 6 rings (SSSR count). The summed E-state index contributed by atoms with van der Waals surface area (Å²) in [6.07, 6.45) is 0.671. The number of aliphatic hydroxyl groups is 1. The molecule has 6 N–H and O–H groups in total. The van der Waals surface area contributed by atoms with Crippen LogP contribution in [0, 0.1) is 5.82 Å². The number of carbonyl (C=O) groups is 3. The zero-order valence-corrected chi connectivity index (χ0v) is 25.4. The summed E-state index contributed by atoms with van der Waals surface area (Å²) < 4.78 is 16.0. The molecule has 0 radical (unpaired) electrons. The SMILES string of the molecule is C[C@H](O)[C@@H](NC(=O)CCc1ccc(C2(C)C(=O)Nc3nc(-c4nn(Cc5ccccc5F)c5ncccc45)nc(N)c32)cc1)C(=O)O. The van der Waals surface area contributed by atoms with Gasteiger partial charge in [-0.05, 0) is 49.6 Å². The molecule has 47 heavy (non-hydrogen) atoms. The van der Waals surface area contributed by atoms with Gasteiger partial charge in [-0.1, -0.05) is 42.5 Å². The maximum absolute atomic E-state index is 14.5. The van der Waals surface area contributed by atoms with Gasteiger partial charge >= 0.3 is 5.97 Å². The summed E-state index contributed by atoms with van der Waals surface area (Å²) in [5.41, 5.74) is 8.41. The number of rotatable bonds is 10. The standard InChI is InChI=1S/C33H31FN8O5/c1-17(43)25(31(45)46)37-23(44)14-11-18-9-12-20(13-10-18)33(2)24-27(35)38-29(39-28(24)40-32(33)47)26-21-7-5-15-36-30(21)42(41-26)16-19-6-3-4-8-22(19)34/h3-10,12-13,15,17,25,43H,11,14,16H2,1-2H3,(H,37,44)(H,45,46)(H3,35,38,39,40,47)/t17-,25+,33?/m0/s1. The van der Waals surface area contributed by atoms with Crippen molar-refractivity contribution in [2.24, 2.45) is 0 Å². The number of nitrogens with zero attached hydrogens (tertiary/aromatic N) is 5. The van der Waals surface area contributed by atoms with Crippen LogP contribution in [0.25, 0.3) is 22.6 Å². The van der Waals surface area contributed by atoms with Crippen molar-refractivity contribution in [2.45, 2.75) is 50.8 Å². The number of hydrogen-bond acceptors (Lipinski definition) is 9. The highest BCUT2D eigenvalue weighted by atomic mass is 19.1. The van der Waals surface area contributed by atoms with Crippen molar-refractivity contribution >= 4 is 40.5 Å². The number of nitrogens with one attached hydrogen (secondary N) is 2. The summed E-state index contributed by atoms with van der Waals surface area (Å²) >= 11 is 0. The molecule has 0 bridgehead atoms. The van der Waals surface area contributed by atoms with E-state index in [9.17, 15) is 29.0 Å². The Kier molecular flexibility index (Phi) is 8.11. The summed E-state index contributed by atoms with van der Waals surface area (Å²) in [6, 6.07) is 15.6. The molecule has 3 aromatic heterocycles. The first-order valence-electron chi connectivity index (χ1n) is 14.8. The lowest BCUT2D eigenvalue weighted by Gasteiger charge is -2.23. The van der Waals surface area contributed by atoms with Gasteiger partial charge in [-0.3, -0.25) is 9.59 Å². The molecule has 1 unspecified atom stereocenters. The molecule has 1 aliphatic heterocycles. The number of aromatic nitrogens is 5. The van der Waals surface area contributed by atoms with Crippen LogP contribution in [0.15, 0.2) is 66.9 Å². The van der Waals surface area contributed by atoms with Crippen LogP contribution < -0.4 is 16.4 Å². The summed E-state index contributed by atoms with van der Waals surface area (Å²) in [6.45, 7) is 3.14. The number of carboxylic acids is 1. The number of amides is 2. The number of carboxylic acid groups (broad SMARTS) is 1. The molecule has 2 amide bonds. The van der Waals surface area contributed by atoms with Gasteiger partial charge in [0, 0.05) is 18.2 Å². The fraction of sp³-hybridized carbons (Fsp3) is 0.242. The molecule has 0 spiro atoms. The van der Waals surface area contributed by atoms with E-state index in [1.807, 2.05) is 0 Å². The molecular weight excluding hydrogens is 607 g/mol. The highest BCUT2D eigenvalue weighted by molar-refractivity contribution is 6.09. The van der Waals surface area contributed by atoms with Gasteiger partial charge in [0.2, 0.25) is 11.8 Å². The highest BCUT2D eigenvalue weighted by Gasteiger charge is 2.47. The smallest absolute Gasteiger partial charge is 0.328 e. The van der Waals surface area contributed by atoms with Crippen LogP contribution in [0.3, 0.4) is 0 Å². The van der Waals surface area contributed by atoms with Crippen molar-refractivity contribution in [1.29, 1.82) is 0 Å². The second kappa shape index (κ2) is 12.2. The Hall–Kier alpha value is -5.76. The minimum Gasteiger partial charge on any atom is -0.480 e. The van der Waals surface area contributed by atoms with Gasteiger partial charge in [-0.2, -0.15) is 5.10 Å². The fourth-order valence-electron chi connectivity index (χ4n) is 5.76. The number of aliphatic carboxylic acids is 1. The van der Waals surface area contributed by atoms with E-state index >= 15 is 0 Å². The fourth-order valence-corrected chi connectivity index (χ4v) is 5.76. The number of benzene rings is 2. The van der Waals surface area contributed by atoms with Gasteiger partial charge < -0.3 is 26.6 Å². The van der Waals surface area contributed by atoms with Crippen LogP contribution in [0.5, 0.6) is 0 Å². The Bertz CT molecular complexity index is 2030. The molecule has 0 fully saturated rings. The molecule has 3 atom stereocenters. The Morgan fingerprint density at radius 3 is 2.55 bits per heavy atom. The highest BCUT2D eigenvalue weighted by Crippen LogP contribution is 2.45. The first-order chi connectivity index (χ1) is 22.5. The second-order valence-corrected chi connectivity index (χ2v) is 11.5. The Labute approximate surface area is 267 Å². The normalized spacial score (nSPS) is 16.8. The third-order valence-corrected chi connectivity index (χ3v) is 8.36. The lowest BCUT2D eigenvalue weighted by Crippen LogP contribution is -2.47. The number of aryl methyl sites for hydroxylation is 1. The largest absolute Gasteiger partial charge is 0.480 e. The van der Waals surface area contributed by atoms with E-state index in [-0.39, 0.29) is 42.2 Å². The van der Waals surface area contributed by atoms with E-state index in [4.69, 9.17) is 5.73 Å². The number of halogens is 1. The predicted molar refractivity (Wildman–Crippen MR) is 170 cm³/mol. The molecule has 0 aliphatic carbocycles. The van der Waals surface area contributed by atoms with Crippen LogP contribution in [0.4, 0.5) is 16.0 Å². The molecule has 0 saturated carbocycles. The van der Waals surface area contributed by atoms with Crippen LogP contribution in [0.1, 0.15) is 42.5 Å². The van der Waals surface area contributed by atoms with E-state index in [0.29, 0.717) is 39.8 Å². The van der Waals surface area contributed by atoms with Gasteiger partial charge in [0.1, 0.15) is 28.6 Å². The van der Waals surface area contributed by atoms with E-state index in [1.54, 1.807) is 72.4 Å². The van der Waals surface area contributed by atoms with E-state index in [1.165, 1.54) is 13.0 Å². The number of fused-ring (bicyclic) bond motifs is 2. The Morgan fingerprint density at radius 1 is 1.11 bits per heavy atom. The monoisotopic (exact) mass is 638 g/mol. The molecular formula is C33H31FN8O5. The average molecular weight is 639 g/mol. The molecule has 0 saturated heterocycles. The molecule has 5 aromatic rings. The average Bonchev–Trinajstić information content (AvgIpc) is 3.54. The summed E-state index contributed by atoms with van der Waals surface area (Å²) in [5.74, 6) is -2.06. The van der Waals surface area contributed by atoms with Crippen LogP contribution >= 0.6 is 0 Å². The lowest BCUT2D eigenvalue weighted by molar-refractivity contribution is -0.144. The van der Waals surface area contributed by atoms with E-state index in [2.05, 4.69) is 30.7 Å². The van der Waals surface area contributed by atoms with Crippen molar-refractivity contribution in [1.82, 2.24) is 30.0 Å². The molecule has 2 aromatic carbocycles. The third-order valence-electron chi connectivity index (χ3n) is 8.36. The Morgan fingerprint density at radius 2 is 1.85 bits per heavy atom. The summed E-state index contributed by atoms with van der Waals surface area (Å²) in [4.78, 5) is 50.7. The second-order valence-electron chi connectivity index (χ2n) is 11.5. The first kappa shape index (κ1) is 31.2. The van der Waals surface area contributed by atoms with Crippen molar-refractivity contribution in [3.05, 3.63) is 94.9 Å². The number of pyridine rings is 1. The molecule has 14 heteroatoms. The van der Waals surface area contributed by atoms with Crippen molar-refractivity contribution in [3.63, 3.8) is 0 Å². The van der Waals surface area contributed by atoms with Crippen LogP contribution in [-0.4, -0.2) is 64.9 Å². The van der Waals surface area contributed by atoms with Gasteiger partial charge in [0.15, 0.2) is 17.5 Å². The first-order valence-corrected chi connectivity index (χ1v) is 14.8. The quantitative estimate of drug-likeness (QED) is 0.152. The molecule has 240 valence electrons. The minimum atomic E-state index is -1.40. The zero-order chi connectivity index (χ0) is 33.5. The summed E-state index contributed by atoms with van der Waals surface area (Å²) in [7, 11) is 0. The van der Waals surface area contributed by atoms with Gasteiger partial charge in [0.05, 0.1) is 23.6 Å². The van der Waals surface area contributed by atoms with Crippen molar-refractivity contribution in [2.75, 3.05) is 11.1 Å². The third kappa shape index (κ3) is 5.74. The Balaban J connectivity index is 1.26. The number of hydrogen-bond donors (Lipinski definition) is 5. The maximum atomic E-state index is 14.5. The van der Waals surface area contributed by atoms with Crippen molar-refractivity contribution < 1.29 is 29.0 Å². The van der Waals surface area contributed by atoms with Gasteiger partial charge in [-0.25, -0.2) is 28.8 Å². The number of carbonyl (C=O) groups excluding carboxylic acids is 2. The van der Waals surface area contributed by atoms with Gasteiger partial charge in [-0.15, -0.1) is 0 Å². The topological polar surface area (TPSA) is 198 Å². The predicted octanol–water partition coefficient (Wildman–Crippen LogP) is 2.80. The van der Waals surface area contributed by atoms with Crippen LogP contribution in [0.2, 0.25) is 0 Å². The number of nitrogen functional groups attached to an aromatic ring is 1. The van der Waals surface area contributed by atoms with Crippen molar-refractivity contribution in [3.8, 4) is 11.5 Å². The lowest BCUT2D eigenvalue weighted by atomic mass is 9.77. The molecule has 4 heterocycles. The van der Waals surface area contributed by atoms with E-state index in [0.717, 1.165) is 5.56 Å². The van der Waals surface area contributed by atoms with Gasteiger partial charge in [0.25, 0.3) is 0 Å².